The Bertz CT molecular complexity index is 932. The van der Waals surface area contributed by atoms with Gasteiger partial charge in [0.15, 0.2) is 0 Å². The molecule has 2 aromatic carbocycles. The summed E-state index contributed by atoms with van der Waals surface area (Å²) in [6.45, 7) is 4.47. The first kappa shape index (κ1) is 16.5. The van der Waals surface area contributed by atoms with E-state index in [0.29, 0.717) is 37.7 Å². The van der Waals surface area contributed by atoms with Crippen molar-refractivity contribution in [2.75, 3.05) is 31.6 Å². The lowest BCUT2D eigenvalue weighted by molar-refractivity contribution is 0.0304. The lowest BCUT2D eigenvalue weighted by atomic mass is 10.1. The van der Waals surface area contributed by atoms with Gasteiger partial charge in [-0.2, -0.15) is 0 Å². The topological polar surface area (TPSA) is 54.5 Å². The van der Waals surface area contributed by atoms with Crippen molar-refractivity contribution < 1.29 is 9.53 Å². The monoisotopic (exact) mass is 347 g/mol. The van der Waals surface area contributed by atoms with E-state index in [1.807, 2.05) is 59.5 Å². The van der Waals surface area contributed by atoms with Crippen LogP contribution in [-0.2, 0) is 4.74 Å². The second-order valence-corrected chi connectivity index (χ2v) is 6.47. The zero-order valence-electron chi connectivity index (χ0n) is 14.7. The number of para-hydroxylation sites is 1. The number of carbonyl (C=O) groups excluding carboxylic acids is 1. The number of fused-ring (bicyclic) bond motifs is 1. The minimum absolute atomic E-state index is 0.0267. The van der Waals surface area contributed by atoms with Gasteiger partial charge in [-0.05, 0) is 31.2 Å². The van der Waals surface area contributed by atoms with Gasteiger partial charge in [0.05, 0.1) is 24.3 Å². The molecule has 1 aromatic heterocycles. The molecular formula is C21H21N3O2. The molecule has 1 fully saturated rings. The van der Waals surface area contributed by atoms with Crippen LogP contribution < -0.4 is 5.32 Å². The fourth-order valence-corrected chi connectivity index (χ4v) is 3.14. The van der Waals surface area contributed by atoms with Crippen LogP contribution in [0.2, 0.25) is 0 Å². The molecule has 0 bridgehead atoms. The van der Waals surface area contributed by atoms with Crippen LogP contribution in [0.4, 0.5) is 11.5 Å². The van der Waals surface area contributed by atoms with Crippen LogP contribution in [0.5, 0.6) is 0 Å². The summed E-state index contributed by atoms with van der Waals surface area (Å²) in [7, 11) is 0. The third-order valence-electron chi connectivity index (χ3n) is 4.57. The zero-order chi connectivity index (χ0) is 17.9. The molecule has 1 saturated heterocycles. The largest absolute Gasteiger partial charge is 0.378 e. The van der Waals surface area contributed by atoms with E-state index >= 15 is 0 Å². The van der Waals surface area contributed by atoms with E-state index in [0.717, 1.165) is 16.6 Å². The number of nitrogens with one attached hydrogen (secondary N) is 1. The van der Waals surface area contributed by atoms with E-state index < -0.39 is 0 Å². The lowest BCUT2D eigenvalue weighted by Gasteiger charge is -2.27. The number of amides is 1. The van der Waals surface area contributed by atoms with Crippen LogP contribution >= 0.6 is 0 Å². The number of carbonyl (C=O) groups is 1. The third kappa shape index (κ3) is 3.39. The maximum absolute atomic E-state index is 13.1. The summed E-state index contributed by atoms with van der Waals surface area (Å²) in [5, 5.41) is 4.19. The minimum atomic E-state index is 0.0267. The van der Waals surface area contributed by atoms with Crippen molar-refractivity contribution in [3.05, 3.63) is 65.7 Å². The van der Waals surface area contributed by atoms with Gasteiger partial charge < -0.3 is 15.0 Å². The van der Waals surface area contributed by atoms with Gasteiger partial charge in [0.25, 0.3) is 5.91 Å². The Hall–Kier alpha value is -2.92. The molecule has 0 unspecified atom stereocenters. The van der Waals surface area contributed by atoms with Gasteiger partial charge in [-0.15, -0.1) is 0 Å². The van der Waals surface area contributed by atoms with E-state index in [2.05, 4.69) is 17.2 Å². The molecule has 0 spiro atoms. The molecule has 1 aliphatic rings. The van der Waals surface area contributed by atoms with Gasteiger partial charge in [-0.3, -0.25) is 4.79 Å². The highest BCUT2D eigenvalue weighted by Crippen LogP contribution is 2.25. The van der Waals surface area contributed by atoms with E-state index in [1.54, 1.807) is 0 Å². The SMILES string of the molecule is Cc1ccc(Nc2cc(C(=O)N3CCOCC3)c3ccccc3n2)cc1. The molecular weight excluding hydrogens is 326 g/mol. The number of morpholine rings is 1. The fraction of sp³-hybridized carbons (Fsp3) is 0.238. The summed E-state index contributed by atoms with van der Waals surface area (Å²) in [5.41, 5.74) is 3.63. The lowest BCUT2D eigenvalue weighted by Crippen LogP contribution is -2.40. The van der Waals surface area contributed by atoms with Crippen molar-refractivity contribution in [3.8, 4) is 0 Å². The first-order valence-corrected chi connectivity index (χ1v) is 8.81. The predicted molar refractivity (Wildman–Crippen MR) is 103 cm³/mol. The second kappa shape index (κ2) is 7.14. The highest BCUT2D eigenvalue weighted by molar-refractivity contribution is 6.07. The Labute approximate surface area is 152 Å². The first-order chi connectivity index (χ1) is 12.7. The van der Waals surface area contributed by atoms with Crippen molar-refractivity contribution in [1.82, 2.24) is 9.88 Å². The van der Waals surface area contributed by atoms with Crippen molar-refractivity contribution in [2.24, 2.45) is 0 Å². The second-order valence-electron chi connectivity index (χ2n) is 6.47. The summed E-state index contributed by atoms with van der Waals surface area (Å²) in [6.07, 6.45) is 0. The number of aromatic nitrogens is 1. The van der Waals surface area contributed by atoms with Crippen LogP contribution in [0.25, 0.3) is 10.9 Å². The number of benzene rings is 2. The van der Waals surface area contributed by atoms with Crippen molar-refractivity contribution in [1.29, 1.82) is 0 Å². The standard InChI is InChI=1S/C21H21N3O2/c1-15-6-8-16(9-7-15)22-20-14-18(17-4-2-3-5-19(17)23-20)21(25)24-10-12-26-13-11-24/h2-9,14H,10-13H2,1H3,(H,22,23). The molecule has 5 nitrogen and oxygen atoms in total. The molecule has 0 saturated carbocycles. The highest BCUT2D eigenvalue weighted by atomic mass is 16.5. The Morgan fingerprint density at radius 2 is 1.81 bits per heavy atom. The highest BCUT2D eigenvalue weighted by Gasteiger charge is 2.21. The quantitative estimate of drug-likeness (QED) is 0.784. The van der Waals surface area contributed by atoms with Crippen molar-refractivity contribution >= 4 is 28.3 Å². The van der Waals surface area contributed by atoms with E-state index in [9.17, 15) is 4.79 Å². The zero-order valence-corrected chi connectivity index (χ0v) is 14.7. The summed E-state index contributed by atoms with van der Waals surface area (Å²) < 4.78 is 5.37. The van der Waals surface area contributed by atoms with Gasteiger partial charge in [-0.25, -0.2) is 4.98 Å². The molecule has 1 aliphatic heterocycles. The van der Waals surface area contributed by atoms with Crippen molar-refractivity contribution in [3.63, 3.8) is 0 Å². The normalized spacial score (nSPS) is 14.4. The van der Waals surface area contributed by atoms with Crippen LogP contribution in [-0.4, -0.2) is 42.1 Å². The predicted octanol–water partition coefficient (Wildman–Crippen LogP) is 3.76. The average Bonchev–Trinajstić information content (AvgIpc) is 2.69. The van der Waals surface area contributed by atoms with E-state index in [4.69, 9.17) is 4.74 Å². The fourth-order valence-electron chi connectivity index (χ4n) is 3.14. The molecule has 0 radical (unpaired) electrons. The molecule has 1 amide bonds. The van der Waals surface area contributed by atoms with Gasteiger partial charge in [0.2, 0.25) is 0 Å². The van der Waals surface area contributed by atoms with Gasteiger partial charge >= 0.3 is 0 Å². The molecule has 2 heterocycles. The summed E-state index contributed by atoms with van der Waals surface area (Å²) in [5.74, 6) is 0.697. The Morgan fingerprint density at radius 1 is 1.08 bits per heavy atom. The van der Waals surface area contributed by atoms with Crippen LogP contribution in [0.15, 0.2) is 54.6 Å². The van der Waals surface area contributed by atoms with Gasteiger partial charge in [0.1, 0.15) is 5.82 Å². The number of nitrogens with zero attached hydrogens (tertiary/aromatic N) is 2. The molecule has 3 aromatic rings. The molecule has 0 atom stereocenters. The van der Waals surface area contributed by atoms with E-state index in [-0.39, 0.29) is 5.91 Å². The molecule has 26 heavy (non-hydrogen) atoms. The molecule has 1 N–H and O–H groups in total. The molecule has 0 aliphatic carbocycles. The van der Waals surface area contributed by atoms with E-state index in [1.165, 1.54) is 5.56 Å². The summed E-state index contributed by atoms with van der Waals surface area (Å²) in [6, 6.07) is 17.7. The summed E-state index contributed by atoms with van der Waals surface area (Å²) in [4.78, 5) is 19.6. The molecule has 132 valence electrons. The smallest absolute Gasteiger partial charge is 0.254 e. The third-order valence-corrected chi connectivity index (χ3v) is 4.57. The minimum Gasteiger partial charge on any atom is -0.378 e. The first-order valence-electron chi connectivity index (χ1n) is 8.81. The Balaban J connectivity index is 1.72. The number of hydrogen-bond acceptors (Lipinski definition) is 4. The van der Waals surface area contributed by atoms with Crippen molar-refractivity contribution in [2.45, 2.75) is 6.92 Å². The molecule has 5 heteroatoms. The Morgan fingerprint density at radius 3 is 2.58 bits per heavy atom. The maximum Gasteiger partial charge on any atom is 0.254 e. The van der Waals surface area contributed by atoms with Crippen LogP contribution in [0.3, 0.4) is 0 Å². The number of hydrogen-bond donors (Lipinski definition) is 1. The van der Waals surface area contributed by atoms with Gasteiger partial charge in [-0.1, -0.05) is 35.9 Å². The average molecular weight is 347 g/mol. The van der Waals surface area contributed by atoms with Gasteiger partial charge in [0, 0.05) is 24.2 Å². The number of rotatable bonds is 3. The Kier molecular flexibility index (Phi) is 4.54. The molecule has 4 rings (SSSR count). The summed E-state index contributed by atoms with van der Waals surface area (Å²) >= 11 is 0. The number of pyridine rings is 1. The van der Waals surface area contributed by atoms with Crippen LogP contribution in [0.1, 0.15) is 15.9 Å². The van der Waals surface area contributed by atoms with Crippen LogP contribution in [0, 0.1) is 6.92 Å². The maximum atomic E-state index is 13.1. The number of anilines is 2. The number of aryl methyl sites for hydroxylation is 1. The number of ether oxygens (including phenoxy) is 1.